The van der Waals surface area contributed by atoms with Crippen LogP contribution < -0.4 is 10.6 Å². The average molecular weight is 346 g/mol. The fourth-order valence-electron chi connectivity index (χ4n) is 3.23. The monoisotopic (exact) mass is 346 g/mol. The molecule has 1 aromatic carbocycles. The van der Waals surface area contributed by atoms with Gasteiger partial charge in [-0.3, -0.25) is 9.59 Å². The first-order valence-electron chi connectivity index (χ1n) is 9.41. The molecular weight excluding hydrogens is 316 g/mol. The summed E-state index contributed by atoms with van der Waals surface area (Å²) in [5.41, 5.74) is 1.03. The van der Waals surface area contributed by atoms with Crippen LogP contribution in [0.3, 0.4) is 0 Å². The Labute approximate surface area is 150 Å². The third kappa shape index (κ3) is 8.16. The number of rotatable bonds is 8. The van der Waals surface area contributed by atoms with Crippen LogP contribution >= 0.6 is 0 Å². The van der Waals surface area contributed by atoms with Gasteiger partial charge in [-0.2, -0.15) is 0 Å². The van der Waals surface area contributed by atoms with Gasteiger partial charge in [-0.1, -0.05) is 56.0 Å². The maximum atomic E-state index is 12.0. The minimum Gasteiger partial charge on any atom is -0.391 e. The highest BCUT2D eigenvalue weighted by molar-refractivity contribution is 5.83. The van der Waals surface area contributed by atoms with Gasteiger partial charge in [0.05, 0.1) is 6.10 Å². The van der Waals surface area contributed by atoms with Gasteiger partial charge in [0.15, 0.2) is 0 Å². The van der Waals surface area contributed by atoms with Gasteiger partial charge in [-0.05, 0) is 18.4 Å². The number of aliphatic hydroxyl groups excluding tert-OH is 1. The van der Waals surface area contributed by atoms with E-state index in [4.69, 9.17) is 0 Å². The van der Waals surface area contributed by atoms with E-state index in [1.54, 1.807) is 0 Å². The number of aliphatic hydroxyl groups is 1. The molecule has 2 amide bonds. The second-order valence-electron chi connectivity index (χ2n) is 6.90. The van der Waals surface area contributed by atoms with Gasteiger partial charge < -0.3 is 15.7 Å². The first kappa shape index (κ1) is 19.4. The van der Waals surface area contributed by atoms with Crippen molar-refractivity contribution in [1.29, 1.82) is 0 Å². The molecule has 1 aliphatic rings. The number of carbonyl (C=O) groups is 2. The molecule has 0 radical (unpaired) electrons. The largest absolute Gasteiger partial charge is 0.391 e. The van der Waals surface area contributed by atoms with E-state index in [1.165, 1.54) is 25.7 Å². The lowest BCUT2D eigenvalue weighted by Gasteiger charge is -2.16. The Kier molecular flexibility index (Phi) is 8.46. The number of hydrogen-bond donors (Lipinski definition) is 3. The summed E-state index contributed by atoms with van der Waals surface area (Å²) >= 11 is 0. The highest BCUT2D eigenvalue weighted by atomic mass is 16.3. The fourth-order valence-corrected chi connectivity index (χ4v) is 3.23. The Morgan fingerprint density at radius 1 is 1.00 bits per heavy atom. The Bertz CT molecular complexity index is 525. The van der Waals surface area contributed by atoms with E-state index in [2.05, 4.69) is 10.6 Å². The lowest BCUT2D eigenvalue weighted by Crippen LogP contribution is -2.36. The maximum Gasteiger partial charge on any atom is 0.220 e. The summed E-state index contributed by atoms with van der Waals surface area (Å²) in [4.78, 5) is 23.8. The van der Waals surface area contributed by atoms with Gasteiger partial charge in [0.1, 0.15) is 0 Å². The molecule has 1 aliphatic carbocycles. The predicted molar refractivity (Wildman–Crippen MR) is 98.0 cm³/mol. The summed E-state index contributed by atoms with van der Waals surface area (Å²) in [7, 11) is 0. The van der Waals surface area contributed by atoms with Crippen molar-refractivity contribution in [2.24, 2.45) is 0 Å². The Hall–Kier alpha value is -1.88. The summed E-state index contributed by atoms with van der Waals surface area (Å²) in [6, 6.07) is 9.94. The number of carbonyl (C=O) groups excluding carboxylic acids is 2. The molecule has 1 atom stereocenters. The molecule has 1 saturated carbocycles. The topological polar surface area (TPSA) is 78.4 Å². The highest BCUT2D eigenvalue weighted by Gasteiger charge is 2.15. The van der Waals surface area contributed by atoms with Crippen molar-refractivity contribution >= 4 is 11.8 Å². The van der Waals surface area contributed by atoms with E-state index in [9.17, 15) is 14.7 Å². The van der Waals surface area contributed by atoms with Crippen molar-refractivity contribution < 1.29 is 14.7 Å². The van der Waals surface area contributed by atoms with Crippen LogP contribution in [-0.4, -0.2) is 35.6 Å². The average Bonchev–Trinajstić information content (AvgIpc) is 2.88. The molecule has 0 unspecified atom stereocenters. The van der Waals surface area contributed by atoms with Crippen molar-refractivity contribution in [3.05, 3.63) is 35.9 Å². The Morgan fingerprint density at radius 2 is 1.64 bits per heavy atom. The minimum absolute atomic E-state index is 0.0492. The normalized spacial score (nSPS) is 16.7. The maximum absolute atomic E-state index is 12.0. The van der Waals surface area contributed by atoms with Crippen LogP contribution in [0.4, 0.5) is 0 Å². The molecule has 0 heterocycles. The summed E-state index contributed by atoms with van der Waals surface area (Å²) < 4.78 is 0. The van der Waals surface area contributed by atoms with Gasteiger partial charge in [0.2, 0.25) is 11.8 Å². The Morgan fingerprint density at radius 3 is 2.32 bits per heavy atom. The zero-order valence-electron chi connectivity index (χ0n) is 14.9. The highest BCUT2D eigenvalue weighted by Crippen LogP contribution is 2.17. The van der Waals surface area contributed by atoms with Crippen LogP contribution in [-0.2, 0) is 16.0 Å². The molecular formula is C20H30N2O3. The molecule has 0 aliphatic heterocycles. The van der Waals surface area contributed by atoms with E-state index in [0.29, 0.717) is 6.42 Å². The third-order valence-electron chi connectivity index (χ3n) is 4.65. The van der Waals surface area contributed by atoms with Crippen LogP contribution in [0, 0.1) is 0 Å². The summed E-state index contributed by atoms with van der Waals surface area (Å²) in [5, 5.41) is 15.7. The summed E-state index contributed by atoms with van der Waals surface area (Å²) in [6.07, 6.45) is 7.19. The third-order valence-corrected chi connectivity index (χ3v) is 4.65. The second kappa shape index (κ2) is 10.9. The van der Waals surface area contributed by atoms with Gasteiger partial charge in [0, 0.05) is 31.8 Å². The van der Waals surface area contributed by atoms with E-state index in [1.807, 2.05) is 30.3 Å². The van der Waals surface area contributed by atoms with Gasteiger partial charge >= 0.3 is 0 Å². The molecule has 5 heteroatoms. The summed E-state index contributed by atoms with van der Waals surface area (Å²) in [5.74, 6) is -0.241. The van der Waals surface area contributed by atoms with Crippen molar-refractivity contribution in [3.63, 3.8) is 0 Å². The molecule has 3 N–H and O–H groups in total. The van der Waals surface area contributed by atoms with Gasteiger partial charge in [-0.15, -0.1) is 0 Å². The first-order chi connectivity index (χ1) is 12.1. The van der Waals surface area contributed by atoms with Crippen LogP contribution in [0.2, 0.25) is 0 Å². The van der Waals surface area contributed by atoms with Crippen molar-refractivity contribution in [2.45, 2.75) is 69.9 Å². The van der Waals surface area contributed by atoms with Crippen molar-refractivity contribution in [2.75, 3.05) is 6.54 Å². The lowest BCUT2D eigenvalue weighted by molar-refractivity contribution is -0.127. The minimum atomic E-state index is -0.619. The first-order valence-corrected chi connectivity index (χ1v) is 9.41. The molecule has 0 saturated heterocycles. The molecule has 2 rings (SSSR count). The molecule has 0 bridgehead atoms. The van der Waals surface area contributed by atoms with E-state index < -0.39 is 6.10 Å². The van der Waals surface area contributed by atoms with Crippen LogP contribution in [0.1, 0.15) is 56.9 Å². The molecule has 0 spiro atoms. The van der Waals surface area contributed by atoms with Crippen molar-refractivity contribution in [3.8, 4) is 0 Å². The van der Waals surface area contributed by atoms with Crippen LogP contribution in [0.5, 0.6) is 0 Å². The number of hydrogen-bond acceptors (Lipinski definition) is 3. The molecule has 25 heavy (non-hydrogen) atoms. The van der Waals surface area contributed by atoms with Crippen LogP contribution in [0.15, 0.2) is 30.3 Å². The van der Waals surface area contributed by atoms with Gasteiger partial charge in [-0.25, -0.2) is 0 Å². The van der Waals surface area contributed by atoms with E-state index in [-0.39, 0.29) is 37.2 Å². The standard InChI is InChI=1S/C20H30N2O3/c23-18(14-16-8-4-3-5-9-16)15-21-19(24)12-13-20(25)22-17-10-6-1-2-7-11-17/h3-5,8-9,17-18,23H,1-2,6-7,10-15H2,(H,21,24)(H,22,25)/t18-/m0/s1. The zero-order valence-corrected chi connectivity index (χ0v) is 14.9. The number of benzene rings is 1. The quantitative estimate of drug-likeness (QED) is 0.632. The zero-order chi connectivity index (χ0) is 17.9. The number of nitrogens with one attached hydrogen (secondary N) is 2. The van der Waals surface area contributed by atoms with Crippen LogP contribution in [0.25, 0.3) is 0 Å². The number of amides is 2. The smallest absolute Gasteiger partial charge is 0.220 e. The predicted octanol–water partition coefficient (Wildman–Crippen LogP) is 2.33. The van der Waals surface area contributed by atoms with E-state index in [0.717, 1.165) is 18.4 Å². The molecule has 138 valence electrons. The van der Waals surface area contributed by atoms with Gasteiger partial charge in [0.25, 0.3) is 0 Å². The molecule has 1 fully saturated rings. The molecule has 0 aromatic heterocycles. The SMILES string of the molecule is O=C(CCC(=O)NC1CCCCCC1)NC[C@@H](O)Cc1ccccc1. The fraction of sp³-hybridized carbons (Fsp3) is 0.600. The second-order valence-corrected chi connectivity index (χ2v) is 6.90. The lowest BCUT2D eigenvalue weighted by atomic mass is 10.1. The molecule has 5 nitrogen and oxygen atoms in total. The summed E-state index contributed by atoms with van der Waals surface area (Å²) in [6.45, 7) is 0.206. The van der Waals surface area contributed by atoms with Crippen molar-refractivity contribution in [1.82, 2.24) is 10.6 Å². The molecule has 1 aromatic rings. The Balaban J connectivity index is 1.59. The van der Waals surface area contributed by atoms with E-state index >= 15 is 0 Å².